The average Bonchev–Trinajstić information content (AvgIpc) is 2.61. The Bertz CT molecular complexity index is 903. The van der Waals surface area contributed by atoms with Crippen molar-refractivity contribution in [1.29, 1.82) is 0 Å². The summed E-state index contributed by atoms with van der Waals surface area (Å²) in [5, 5.41) is 14.5. The highest BCUT2D eigenvalue weighted by atomic mass is 35.5. The van der Waals surface area contributed by atoms with E-state index in [1.54, 1.807) is 19.9 Å². The number of carbonyl (C=O) groups is 2. The van der Waals surface area contributed by atoms with Gasteiger partial charge in [-0.15, -0.1) is 0 Å². The van der Waals surface area contributed by atoms with Crippen LogP contribution in [0.15, 0.2) is 40.7 Å². The van der Waals surface area contributed by atoms with E-state index in [1.807, 2.05) is 0 Å². The predicted molar refractivity (Wildman–Crippen MR) is 99.2 cm³/mol. The van der Waals surface area contributed by atoms with Gasteiger partial charge in [0, 0.05) is 35.4 Å². The molecule has 0 bridgehead atoms. The molecule has 0 aromatic heterocycles. The Morgan fingerprint density at radius 2 is 2.15 bits per heavy atom. The van der Waals surface area contributed by atoms with Gasteiger partial charge in [0.25, 0.3) is 5.69 Å². The zero-order valence-corrected chi connectivity index (χ0v) is 15.8. The number of nitro groups is 1. The fourth-order valence-electron chi connectivity index (χ4n) is 3.65. The second kappa shape index (κ2) is 7.52. The summed E-state index contributed by atoms with van der Waals surface area (Å²) in [6, 6.07) is 4.37. The van der Waals surface area contributed by atoms with Crippen molar-refractivity contribution < 1.29 is 19.2 Å². The second-order valence-electron chi connectivity index (χ2n) is 6.45. The Kier molecular flexibility index (Phi) is 5.32. The summed E-state index contributed by atoms with van der Waals surface area (Å²) in [7, 11) is 0. The summed E-state index contributed by atoms with van der Waals surface area (Å²) >= 11 is 5.94. The molecule has 142 valence electrons. The number of dihydropyridines is 1. The Labute approximate surface area is 161 Å². The summed E-state index contributed by atoms with van der Waals surface area (Å²) in [4.78, 5) is 36.1. The minimum Gasteiger partial charge on any atom is -0.463 e. The third kappa shape index (κ3) is 3.47. The first kappa shape index (κ1) is 19.1. The number of esters is 1. The van der Waals surface area contributed by atoms with Gasteiger partial charge in [-0.1, -0.05) is 17.7 Å². The Hall–Kier alpha value is -2.67. The van der Waals surface area contributed by atoms with Crippen LogP contribution in [0.3, 0.4) is 0 Å². The van der Waals surface area contributed by atoms with Crippen LogP contribution in [0.2, 0.25) is 5.02 Å². The molecule has 1 unspecified atom stereocenters. The lowest BCUT2D eigenvalue weighted by Gasteiger charge is -2.34. The largest absolute Gasteiger partial charge is 0.463 e. The summed E-state index contributed by atoms with van der Waals surface area (Å²) in [6.07, 6.45) is 1.78. The average molecular weight is 391 g/mol. The van der Waals surface area contributed by atoms with E-state index >= 15 is 0 Å². The number of nitrogens with zero attached hydrogens (tertiary/aromatic N) is 1. The molecule has 0 saturated carbocycles. The lowest BCUT2D eigenvalue weighted by Crippen LogP contribution is -2.34. The minimum absolute atomic E-state index is 0.000226. The van der Waals surface area contributed by atoms with Crippen molar-refractivity contribution in [3.63, 3.8) is 0 Å². The Balaban J connectivity index is 2.21. The molecule has 0 radical (unpaired) electrons. The molecule has 2 aliphatic rings. The number of halogens is 1. The number of hydrogen-bond acceptors (Lipinski definition) is 6. The lowest BCUT2D eigenvalue weighted by molar-refractivity contribution is -0.384. The first-order valence-corrected chi connectivity index (χ1v) is 9.08. The number of ether oxygens (including phenoxy) is 1. The molecule has 0 saturated heterocycles. The monoisotopic (exact) mass is 390 g/mol. The topological polar surface area (TPSA) is 98.5 Å². The van der Waals surface area contributed by atoms with Gasteiger partial charge in [-0.3, -0.25) is 14.9 Å². The number of nitrogens with one attached hydrogen (secondary N) is 1. The van der Waals surface area contributed by atoms with Crippen LogP contribution in [0.25, 0.3) is 0 Å². The third-order valence-electron chi connectivity index (χ3n) is 4.77. The highest BCUT2D eigenvalue weighted by Gasteiger charge is 2.39. The van der Waals surface area contributed by atoms with E-state index in [-0.39, 0.29) is 23.1 Å². The van der Waals surface area contributed by atoms with Gasteiger partial charge in [0.05, 0.1) is 17.1 Å². The molecule has 1 aliphatic carbocycles. The number of benzene rings is 1. The molecular weight excluding hydrogens is 372 g/mol. The highest BCUT2D eigenvalue weighted by Crippen LogP contribution is 2.43. The predicted octanol–water partition coefficient (Wildman–Crippen LogP) is 3.78. The molecule has 1 aromatic rings. The minimum atomic E-state index is -0.718. The molecule has 0 amide bonds. The molecule has 1 atom stereocenters. The SMILES string of the molecule is CCOC(=O)C1=C(C)NC2=C(C(=O)CCC2)C1c1ccc(Cl)c([N+](=O)[O-])c1. The summed E-state index contributed by atoms with van der Waals surface area (Å²) in [6.45, 7) is 3.62. The molecule has 1 N–H and O–H groups in total. The van der Waals surface area contributed by atoms with Crippen LogP contribution in [0.5, 0.6) is 0 Å². The van der Waals surface area contributed by atoms with E-state index in [0.29, 0.717) is 35.2 Å². The molecule has 1 aromatic carbocycles. The van der Waals surface area contributed by atoms with E-state index in [9.17, 15) is 19.7 Å². The van der Waals surface area contributed by atoms with Gasteiger partial charge >= 0.3 is 5.97 Å². The van der Waals surface area contributed by atoms with E-state index in [0.717, 1.165) is 12.1 Å². The first-order valence-electron chi connectivity index (χ1n) is 8.70. The van der Waals surface area contributed by atoms with Gasteiger partial charge in [-0.25, -0.2) is 4.79 Å². The van der Waals surface area contributed by atoms with Gasteiger partial charge in [-0.2, -0.15) is 0 Å². The molecule has 0 fully saturated rings. The van der Waals surface area contributed by atoms with Crippen molar-refractivity contribution in [2.45, 2.75) is 39.0 Å². The van der Waals surface area contributed by atoms with E-state index in [4.69, 9.17) is 16.3 Å². The van der Waals surface area contributed by atoms with Crippen LogP contribution in [0, 0.1) is 10.1 Å². The molecule has 1 heterocycles. The maximum absolute atomic E-state index is 12.7. The number of rotatable bonds is 4. The Morgan fingerprint density at radius 1 is 1.41 bits per heavy atom. The number of ketones is 1. The molecule has 8 heteroatoms. The van der Waals surface area contributed by atoms with E-state index < -0.39 is 16.8 Å². The van der Waals surface area contributed by atoms with Gasteiger partial charge in [0.15, 0.2) is 5.78 Å². The number of carbonyl (C=O) groups excluding carboxylic acids is 2. The fraction of sp³-hybridized carbons (Fsp3) is 0.368. The Morgan fingerprint density at radius 3 is 2.81 bits per heavy atom. The molecule has 3 rings (SSSR count). The van der Waals surface area contributed by atoms with Crippen molar-refractivity contribution in [1.82, 2.24) is 5.32 Å². The van der Waals surface area contributed by atoms with E-state index in [1.165, 1.54) is 12.1 Å². The summed E-state index contributed by atoms with van der Waals surface area (Å²) < 4.78 is 5.19. The van der Waals surface area contributed by atoms with Crippen LogP contribution in [-0.2, 0) is 14.3 Å². The standard InChI is InChI=1S/C19H19ClN2O5/c1-3-27-19(24)16-10(2)21-13-5-4-6-15(23)18(13)17(16)11-7-8-12(20)14(9-11)22(25)26/h7-9,17,21H,3-6H2,1-2H3. The van der Waals surface area contributed by atoms with Crippen molar-refractivity contribution in [2.75, 3.05) is 6.61 Å². The molecule has 7 nitrogen and oxygen atoms in total. The molecule has 0 spiro atoms. The fourth-order valence-corrected chi connectivity index (χ4v) is 3.83. The van der Waals surface area contributed by atoms with E-state index in [2.05, 4.69) is 5.32 Å². The van der Waals surface area contributed by atoms with Crippen LogP contribution < -0.4 is 5.32 Å². The highest BCUT2D eigenvalue weighted by molar-refractivity contribution is 6.32. The normalized spacial score (nSPS) is 19.5. The number of nitro benzene ring substituents is 1. The summed E-state index contributed by atoms with van der Waals surface area (Å²) in [5.41, 5.74) is 2.33. The van der Waals surface area contributed by atoms with Crippen LogP contribution in [0.4, 0.5) is 5.69 Å². The van der Waals surface area contributed by atoms with Crippen molar-refractivity contribution in [3.05, 3.63) is 61.4 Å². The first-order chi connectivity index (χ1) is 12.8. The van der Waals surface area contributed by atoms with Gasteiger partial charge in [0.2, 0.25) is 0 Å². The summed E-state index contributed by atoms with van der Waals surface area (Å²) in [5.74, 6) is -1.33. The van der Waals surface area contributed by atoms with Gasteiger partial charge in [-0.05, 0) is 38.3 Å². The van der Waals surface area contributed by atoms with Crippen LogP contribution >= 0.6 is 11.6 Å². The number of hydrogen-bond donors (Lipinski definition) is 1. The lowest BCUT2D eigenvalue weighted by atomic mass is 9.75. The molecule has 27 heavy (non-hydrogen) atoms. The number of allylic oxidation sites excluding steroid dienone is 3. The zero-order chi connectivity index (χ0) is 19.7. The molecule has 1 aliphatic heterocycles. The van der Waals surface area contributed by atoms with Crippen molar-refractivity contribution in [2.24, 2.45) is 0 Å². The van der Waals surface area contributed by atoms with Gasteiger partial charge < -0.3 is 10.1 Å². The van der Waals surface area contributed by atoms with Crippen molar-refractivity contribution >= 4 is 29.0 Å². The van der Waals surface area contributed by atoms with Crippen LogP contribution in [-0.4, -0.2) is 23.3 Å². The van der Waals surface area contributed by atoms with Crippen molar-refractivity contribution in [3.8, 4) is 0 Å². The molecular formula is C19H19ClN2O5. The second-order valence-corrected chi connectivity index (χ2v) is 6.86. The van der Waals surface area contributed by atoms with Crippen LogP contribution in [0.1, 0.15) is 44.6 Å². The maximum atomic E-state index is 12.7. The smallest absolute Gasteiger partial charge is 0.336 e. The zero-order valence-electron chi connectivity index (χ0n) is 15.0. The quantitative estimate of drug-likeness (QED) is 0.477. The third-order valence-corrected chi connectivity index (χ3v) is 5.09. The maximum Gasteiger partial charge on any atom is 0.336 e. The van der Waals surface area contributed by atoms with Gasteiger partial charge in [0.1, 0.15) is 5.02 Å². The number of Topliss-reactive ketones (excluding diaryl/α,β-unsaturated/α-hetero) is 1.